The zero-order valence-electron chi connectivity index (χ0n) is 12.5. The third kappa shape index (κ3) is 4.06. The van der Waals surface area contributed by atoms with Gasteiger partial charge < -0.3 is 14.4 Å². The first-order valence-electron chi connectivity index (χ1n) is 6.97. The number of hydrogen-bond donors (Lipinski definition) is 0. The van der Waals surface area contributed by atoms with Crippen molar-refractivity contribution in [2.24, 2.45) is 0 Å². The van der Waals surface area contributed by atoms with Gasteiger partial charge in [-0.25, -0.2) is 4.98 Å². The van der Waals surface area contributed by atoms with Crippen molar-refractivity contribution >= 4 is 28.3 Å². The van der Waals surface area contributed by atoms with E-state index in [2.05, 4.69) is 17.0 Å². The third-order valence-electron chi connectivity index (χ3n) is 3.35. The molecule has 0 radical (unpaired) electrons. The lowest BCUT2D eigenvalue weighted by molar-refractivity contribution is 0.190. The second kappa shape index (κ2) is 8.17. The van der Waals surface area contributed by atoms with Crippen molar-refractivity contribution in [3.05, 3.63) is 35.9 Å². The smallest absolute Gasteiger partial charge is 0.133 e. The SMILES string of the molecule is COCCN(CCOC)c1nc2ccccc2cc1CCl. The summed E-state index contributed by atoms with van der Waals surface area (Å²) in [6.07, 6.45) is 0. The molecule has 0 aliphatic carbocycles. The molecule has 2 aromatic rings. The zero-order valence-corrected chi connectivity index (χ0v) is 13.3. The van der Waals surface area contributed by atoms with E-state index in [1.807, 2.05) is 18.2 Å². The van der Waals surface area contributed by atoms with Crippen LogP contribution < -0.4 is 4.90 Å². The summed E-state index contributed by atoms with van der Waals surface area (Å²) < 4.78 is 10.4. The molecule has 0 amide bonds. The largest absolute Gasteiger partial charge is 0.383 e. The van der Waals surface area contributed by atoms with E-state index >= 15 is 0 Å². The first kappa shape index (κ1) is 16.0. The van der Waals surface area contributed by atoms with Gasteiger partial charge in [-0.05, 0) is 12.1 Å². The van der Waals surface area contributed by atoms with Gasteiger partial charge in [-0.2, -0.15) is 0 Å². The highest BCUT2D eigenvalue weighted by Gasteiger charge is 2.14. The summed E-state index contributed by atoms with van der Waals surface area (Å²) >= 11 is 6.12. The fourth-order valence-electron chi connectivity index (χ4n) is 2.25. The second-order valence-electron chi connectivity index (χ2n) is 4.77. The maximum atomic E-state index is 6.12. The van der Waals surface area contributed by atoms with Crippen molar-refractivity contribution in [1.82, 2.24) is 4.98 Å². The standard InChI is InChI=1S/C16H21ClN2O2/c1-20-9-7-19(8-10-21-2)16-14(12-17)11-13-5-3-4-6-15(13)18-16/h3-6,11H,7-10,12H2,1-2H3. The Morgan fingerprint density at radius 3 is 2.38 bits per heavy atom. The van der Waals surface area contributed by atoms with Crippen LogP contribution in [0.1, 0.15) is 5.56 Å². The third-order valence-corrected chi connectivity index (χ3v) is 3.64. The number of methoxy groups -OCH3 is 2. The number of fused-ring (bicyclic) bond motifs is 1. The van der Waals surface area contributed by atoms with E-state index in [1.54, 1.807) is 14.2 Å². The molecule has 1 aromatic heterocycles. The van der Waals surface area contributed by atoms with E-state index in [0.717, 1.165) is 35.4 Å². The Kier molecular flexibility index (Phi) is 6.23. The predicted molar refractivity (Wildman–Crippen MR) is 87.3 cm³/mol. The van der Waals surface area contributed by atoms with Crippen molar-refractivity contribution in [3.8, 4) is 0 Å². The van der Waals surface area contributed by atoms with Crippen LogP contribution in [0.15, 0.2) is 30.3 Å². The summed E-state index contributed by atoms with van der Waals surface area (Å²) in [4.78, 5) is 6.95. The van der Waals surface area contributed by atoms with Crippen LogP contribution in [-0.4, -0.2) is 45.5 Å². The Labute approximate surface area is 130 Å². The van der Waals surface area contributed by atoms with Crippen LogP contribution in [0.3, 0.4) is 0 Å². The number of alkyl halides is 1. The molecule has 0 atom stereocenters. The van der Waals surface area contributed by atoms with Crippen LogP contribution in [-0.2, 0) is 15.4 Å². The highest BCUT2D eigenvalue weighted by atomic mass is 35.5. The molecule has 2 rings (SSSR count). The van der Waals surface area contributed by atoms with Crippen molar-refractivity contribution in [1.29, 1.82) is 0 Å². The average Bonchev–Trinajstić information content (AvgIpc) is 2.54. The summed E-state index contributed by atoms with van der Waals surface area (Å²) in [5, 5.41) is 1.11. The van der Waals surface area contributed by atoms with Gasteiger partial charge >= 0.3 is 0 Å². The Morgan fingerprint density at radius 1 is 1.10 bits per heavy atom. The predicted octanol–water partition coefficient (Wildman–Crippen LogP) is 3.07. The molecular weight excluding hydrogens is 288 g/mol. The number of aromatic nitrogens is 1. The van der Waals surface area contributed by atoms with Crippen molar-refractivity contribution in [2.45, 2.75) is 5.88 Å². The van der Waals surface area contributed by atoms with Gasteiger partial charge in [0.2, 0.25) is 0 Å². The van der Waals surface area contributed by atoms with Crippen LogP contribution in [0.5, 0.6) is 0 Å². The molecule has 0 aliphatic heterocycles. The Balaban J connectivity index is 2.38. The number of halogens is 1. The van der Waals surface area contributed by atoms with Crippen LogP contribution >= 0.6 is 11.6 Å². The summed E-state index contributed by atoms with van der Waals surface area (Å²) in [6, 6.07) is 10.2. The van der Waals surface area contributed by atoms with Gasteiger partial charge in [-0.15, -0.1) is 11.6 Å². The van der Waals surface area contributed by atoms with Crippen LogP contribution in [0.2, 0.25) is 0 Å². The lowest BCUT2D eigenvalue weighted by atomic mass is 10.1. The number of nitrogens with zero attached hydrogens (tertiary/aromatic N) is 2. The molecular formula is C16H21ClN2O2. The second-order valence-corrected chi connectivity index (χ2v) is 5.04. The lowest BCUT2D eigenvalue weighted by Gasteiger charge is -2.25. The summed E-state index contributed by atoms with van der Waals surface area (Å²) in [5.41, 5.74) is 2.00. The molecule has 0 saturated carbocycles. The summed E-state index contributed by atoms with van der Waals surface area (Å²) in [6.45, 7) is 2.80. The summed E-state index contributed by atoms with van der Waals surface area (Å²) in [5.74, 6) is 1.35. The summed E-state index contributed by atoms with van der Waals surface area (Å²) in [7, 11) is 3.40. The van der Waals surface area contributed by atoms with E-state index in [4.69, 9.17) is 26.1 Å². The average molecular weight is 309 g/mol. The maximum Gasteiger partial charge on any atom is 0.133 e. The molecule has 4 nitrogen and oxygen atoms in total. The molecule has 21 heavy (non-hydrogen) atoms. The molecule has 0 fully saturated rings. The highest BCUT2D eigenvalue weighted by Crippen LogP contribution is 2.25. The number of hydrogen-bond acceptors (Lipinski definition) is 4. The molecule has 0 N–H and O–H groups in total. The van der Waals surface area contributed by atoms with E-state index in [9.17, 15) is 0 Å². The van der Waals surface area contributed by atoms with Crippen LogP contribution in [0.25, 0.3) is 10.9 Å². The number of ether oxygens (including phenoxy) is 2. The van der Waals surface area contributed by atoms with Gasteiger partial charge in [0.05, 0.1) is 24.6 Å². The minimum Gasteiger partial charge on any atom is -0.383 e. The number of para-hydroxylation sites is 1. The van der Waals surface area contributed by atoms with Crippen LogP contribution in [0, 0.1) is 0 Å². The van der Waals surface area contributed by atoms with Crippen molar-refractivity contribution in [3.63, 3.8) is 0 Å². The lowest BCUT2D eigenvalue weighted by Crippen LogP contribution is -2.32. The Morgan fingerprint density at radius 2 is 1.76 bits per heavy atom. The molecule has 5 heteroatoms. The van der Waals surface area contributed by atoms with E-state index in [-0.39, 0.29) is 0 Å². The number of benzene rings is 1. The zero-order chi connectivity index (χ0) is 15.1. The maximum absolute atomic E-state index is 6.12. The van der Waals surface area contributed by atoms with E-state index in [1.165, 1.54) is 0 Å². The molecule has 0 unspecified atom stereocenters. The molecule has 0 saturated heterocycles. The number of pyridine rings is 1. The quantitative estimate of drug-likeness (QED) is 0.702. The normalized spacial score (nSPS) is 11.0. The number of rotatable bonds is 8. The van der Waals surface area contributed by atoms with Gasteiger partial charge in [0.1, 0.15) is 5.82 Å². The molecule has 114 valence electrons. The monoisotopic (exact) mass is 308 g/mol. The van der Waals surface area contributed by atoms with Crippen LogP contribution in [0.4, 0.5) is 5.82 Å². The van der Waals surface area contributed by atoms with Crippen molar-refractivity contribution < 1.29 is 9.47 Å². The fraction of sp³-hybridized carbons (Fsp3) is 0.438. The minimum atomic E-state index is 0.434. The van der Waals surface area contributed by atoms with Gasteiger partial charge in [0, 0.05) is 38.3 Å². The van der Waals surface area contributed by atoms with Gasteiger partial charge in [-0.1, -0.05) is 18.2 Å². The van der Waals surface area contributed by atoms with E-state index in [0.29, 0.717) is 19.1 Å². The van der Waals surface area contributed by atoms with Gasteiger partial charge in [0.15, 0.2) is 0 Å². The first-order valence-corrected chi connectivity index (χ1v) is 7.51. The van der Waals surface area contributed by atoms with E-state index < -0.39 is 0 Å². The highest BCUT2D eigenvalue weighted by molar-refractivity contribution is 6.17. The topological polar surface area (TPSA) is 34.6 Å². The van der Waals surface area contributed by atoms with Gasteiger partial charge in [-0.3, -0.25) is 0 Å². The van der Waals surface area contributed by atoms with Gasteiger partial charge in [0.25, 0.3) is 0 Å². The molecule has 1 aromatic carbocycles. The molecule has 1 heterocycles. The molecule has 0 bridgehead atoms. The van der Waals surface area contributed by atoms with Crippen molar-refractivity contribution in [2.75, 3.05) is 45.4 Å². The minimum absolute atomic E-state index is 0.434. The first-order chi connectivity index (χ1) is 10.3. The fourth-order valence-corrected chi connectivity index (χ4v) is 2.44. The molecule has 0 aliphatic rings. The number of anilines is 1. The Hall–Kier alpha value is -1.36. The molecule has 0 spiro atoms. The Bertz CT molecular complexity index is 569.